The SMILES string of the molecule is COc1ccc(N2C(=O)/C(=C/c3ccc(C#N)cc3)N=C2[Se]c2ccc(C)cc2)cc1. The van der Waals surface area contributed by atoms with Gasteiger partial charge in [-0.25, -0.2) is 0 Å². The summed E-state index contributed by atoms with van der Waals surface area (Å²) < 4.78 is 7.12. The molecule has 31 heavy (non-hydrogen) atoms. The molecular formula is C25H19N3O2Se. The van der Waals surface area contributed by atoms with E-state index >= 15 is 0 Å². The number of aryl methyl sites for hydroxylation is 1. The minimum absolute atomic E-state index is 0.149. The molecule has 0 spiro atoms. The third-order valence-electron chi connectivity index (χ3n) is 4.73. The van der Waals surface area contributed by atoms with E-state index in [2.05, 4.69) is 37.3 Å². The molecule has 3 aromatic rings. The maximum absolute atomic E-state index is 13.3. The van der Waals surface area contributed by atoms with Crippen molar-refractivity contribution in [3.8, 4) is 11.8 Å². The van der Waals surface area contributed by atoms with Gasteiger partial charge in [0.2, 0.25) is 0 Å². The number of rotatable bonds is 5. The maximum atomic E-state index is 13.3. The average Bonchev–Trinajstić information content (AvgIpc) is 3.10. The Morgan fingerprint density at radius 2 is 1.68 bits per heavy atom. The number of amides is 1. The molecule has 0 aliphatic carbocycles. The second-order valence-electron chi connectivity index (χ2n) is 6.91. The second-order valence-corrected chi connectivity index (χ2v) is 9.09. The van der Waals surface area contributed by atoms with Crippen molar-refractivity contribution in [2.45, 2.75) is 6.92 Å². The molecule has 0 unspecified atom stereocenters. The van der Waals surface area contributed by atoms with Gasteiger partial charge in [0.25, 0.3) is 0 Å². The summed E-state index contributed by atoms with van der Waals surface area (Å²) in [5.74, 6) is 0.560. The molecule has 152 valence electrons. The number of methoxy groups -OCH3 is 1. The van der Waals surface area contributed by atoms with E-state index in [1.807, 2.05) is 36.4 Å². The van der Waals surface area contributed by atoms with Gasteiger partial charge in [-0.15, -0.1) is 0 Å². The van der Waals surface area contributed by atoms with Gasteiger partial charge in [-0.05, 0) is 0 Å². The predicted octanol–water partition coefficient (Wildman–Crippen LogP) is 3.65. The summed E-state index contributed by atoms with van der Waals surface area (Å²) >= 11 is -0.149. The van der Waals surface area contributed by atoms with Crippen molar-refractivity contribution in [3.05, 3.63) is 95.2 Å². The van der Waals surface area contributed by atoms with Crippen LogP contribution in [0.4, 0.5) is 5.69 Å². The van der Waals surface area contributed by atoms with Crippen LogP contribution in [-0.2, 0) is 4.79 Å². The number of aliphatic imine (C=N–C) groups is 1. The number of nitriles is 1. The normalized spacial score (nSPS) is 14.5. The molecule has 5 nitrogen and oxygen atoms in total. The zero-order valence-electron chi connectivity index (χ0n) is 17.1. The molecule has 0 N–H and O–H groups in total. The summed E-state index contributed by atoms with van der Waals surface area (Å²) in [6.07, 6.45) is 1.76. The van der Waals surface area contributed by atoms with Gasteiger partial charge >= 0.3 is 188 Å². The fraction of sp³-hybridized carbons (Fsp3) is 0.0800. The van der Waals surface area contributed by atoms with Crippen LogP contribution in [0, 0.1) is 18.3 Å². The van der Waals surface area contributed by atoms with Crippen molar-refractivity contribution < 1.29 is 9.53 Å². The predicted molar refractivity (Wildman–Crippen MR) is 124 cm³/mol. The monoisotopic (exact) mass is 473 g/mol. The van der Waals surface area contributed by atoms with Crippen LogP contribution in [0.2, 0.25) is 0 Å². The molecule has 0 aromatic heterocycles. The molecule has 6 heteroatoms. The Hall–Kier alpha value is -3.65. The van der Waals surface area contributed by atoms with Crippen molar-refractivity contribution in [1.29, 1.82) is 5.26 Å². The molecule has 0 bridgehead atoms. The van der Waals surface area contributed by atoms with Gasteiger partial charge in [0.15, 0.2) is 0 Å². The number of carbonyl (C=O) groups is 1. The van der Waals surface area contributed by atoms with E-state index in [1.54, 1.807) is 30.2 Å². The molecule has 0 fully saturated rings. The third-order valence-corrected chi connectivity index (χ3v) is 6.76. The first-order valence-corrected chi connectivity index (χ1v) is 11.3. The van der Waals surface area contributed by atoms with Crippen LogP contribution < -0.4 is 14.1 Å². The van der Waals surface area contributed by atoms with E-state index in [0.29, 0.717) is 11.3 Å². The quantitative estimate of drug-likeness (QED) is 0.421. The standard InChI is InChI=1S/C25H19N3O2Se/c1-17-3-13-22(14-4-17)31-25-27-23(15-18-5-7-19(16-26)8-6-18)24(29)28(25)20-9-11-21(30-2)12-10-20/h3-15H,1-2H3/b23-15-. The van der Waals surface area contributed by atoms with E-state index in [4.69, 9.17) is 15.0 Å². The number of ether oxygens (including phenoxy) is 1. The van der Waals surface area contributed by atoms with Crippen LogP contribution in [-0.4, -0.2) is 32.7 Å². The summed E-state index contributed by atoms with van der Waals surface area (Å²) in [5, 5.41) is 8.99. The first-order valence-electron chi connectivity index (χ1n) is 9.61. The van der Waals surface area contributed by atoms with E-state index in [9.17, 15) is 4.79 Å². The third kappa shape index (κ3) is 4.59. The van der Waals surface area contributed by atoms with Gasteiger partial charge in [-0.1, -0.05) is 0 Å². The number of amidine groups is 1. The van der Waals surface area contributed by atoms with Crippen LogP contribution >= 0.6 is 0 Å². The van der Waals surface area contributed by atoms with E-state index < -0.39 is 0 Å². The Kier molecular flexibility index (Phi) is 5.99. The fourth-order valence-electron chi connectivity index (χ4n) is 3.05. The van der Waals surface area contributed by atoms with Crippen LogP contribution in [0.15, 0.2) is 83.5 Å². The molecule has 0 atom stereocenters. The molecule has 1 aliphatic heterocycles. The van der Waals surface area contributed by atoms with Crippen LogP contribution in [0.25, 0.3) is 6.08 Å². The first-order chi connectivity index (χ1) is 15.1. The molecule has 0 radical (unpaired) electrons. The molecule has 1 heterocycles. The molecule has 4 rings (SSSR count). The Balaban J connectivity index is 1.71. The van der Waals surface area contributed by atoms with Crippen molar-refractivity contribution in [2.75, 3.05) is 12.0 Å². The number of anilines is 1. The summed E-state index contributed by atoms with van der Waals surface area (Å²) in [4.78, 5) is 19.7. The molecule has 3 aromatic carbocycles. The second kappa shape index (κ2) is 9.01. The van der Waals surface area contributed by atoms with Gasteiger partial charge in [0, 0.05) is 0 Å². The molecular weight excluding hydrogens is 453 g/mol. The molecule has 0 saturated heterocycles. The zero-order valence-corrected chi connectivity index (χ0v) is 18.8. The topological polar surface area (TPSA) is 65.7 Å². The Bertz CT molecular complexity index is 1210. The Labute approximate surface area is 187 Å². The number of nitrogens with zero attached hydrogens (tertiary/aromatic N) is 3. The Morgan fingerprint density at radius 1 is 1.00 bits per heavy atom. The number of hydrogen-bond acceptors (Lipinski definition) is 4. The van der Waals surface area contributed by atoms with E-state index in [0.717, 1.165) is 26.2 Å². The number of hydrogen-bond donors (Lipinski definition) is 0. The summed E-state index contributed by atoms with van der Waals surface area (Å²) in [5.41, 5.74) is 3.72. The van der Waals surface area contributed by atoms with Crippen molar-refractivity contribution in [2.24, 2.45) is 4.99 Å². The summed E-state index contributed by atoms with van der Waals surface area (Å²) in [6.45, 7) is 2.05. The van der Waals surface area contributed by atoms with Crippen molar-refractivity contribution in [3.63, 3.8) is 0 Å². The zero-order chi connectivity index (χ0) is 21.8. The molecule has 0 saturated carbocycles. The van der Waals surface area contributed by atoms with Gasteiger partial charge < -0.3 is 0 Å². The summed E-state index contributed by atoms with van der Waals surface area (Å²) in [6, 6.07) is 24.9. The van der Waals surface area contributed by atoms with Crippen molar-refractivity contribution >= 4 is 41.8 Å². The molecule has 1 amide bonds. The molecule has 1 aliphatic rings. The van der Waals surface area contributed by atoms with Gasteiger partial charge in [-0.3, -0.25) is 0 Å². The Morgan fingerprint density at radius 3 is 2.29 bits per heavy atom. The van der Waals surface area contributed by atoms with Crippen LogP contribution in [0.1, 0.15) is 16.7 Å². The number of benzene rings is 3. The van der Waals surface area contributed by atoms with Crippen LogP contribution in [0.3, 0.4) is 0 Å². The van der Waals surface area contributed by atoms with E-state index in [-0.39, 0.29) is 20.9 Å². The van der Waals surface area contributed by atoms with Crippen LogP contribution in [0.5, 0.6) is 5.75 Å². The minimum atomic E-state index is -0.168. The fourth-order valence-corrected chi connectivity index (χ4v) is 4.95. The van der Waals surface area contributed by atoms with E-state index in [1.165, 1.54) is 5.56 Å². The number of carbonyl (C=O) groups excluding carboxylic acids is 1. The first kappa shape index (κ1) is 20.6. The van der Waals surface area contributed by atoms with Gasteiger partial charge in [0.05, 0.1) is 0 Å². The van der Waals surface area contributed by atoms with Gasteiger partial charge in [0.1, 0.15) is 0 Å². The van der Waals surface area contributed by atoms with Crippen molar-refractivity contribution in [1.82, 2.24) is 0 Å². The van der Waals surface area contributed by atoms with Gasteiger partial charge in [-0.2, -0.15) is 0 Å². The summed E-state index contributed by atoms with van der Waals surface area (Å²) in [7, 11) is 1.61. The average molecular weight is 472 g/mol.